The van der Waals surface area contributed by atoms with E-state index in [9.17, 15) is 14.9 Å². The highest BCUT2D eigenvalue weighted by atomic mass is 35.5. The van der Waals surface area contributed by atoms with Gasteiger partial charge in [0.2, 0.25) is 0 Å². The van der Waals surface area contributed by atoms with E-state index in [2.05, 4.69) is 5.32 Å². The third kappa shape index (κ3) is 3.70. The summed E-state index contributed by atoms with van der Waals surface area (Å²) in [6.45, 7) is 1.56. The molecular formula is C17H15Cl2N3O3. The summed E-state index contributed by atoms with van der Waals surface area (Å²) in [6.07, 6.45) is 2.01. The monoisotopic (exact) mass is 379 g/mol. The quantitative estimate of drug-likeness (QED) is 0.613. The first-order valence-corrected chi connectivity index (χ1v) is 8.51. The number of carbonyl (C=O) groups excluding carboxylic acids is 1. The lowest BCUT2D eigenvalue weighted by Crippen LogP contribution is -2.20. The highest BCUT2D eigenvalue weighted by Gasteiger charge is 2.24. The summed E-state index contributed by atoms with van der Waals surface area (Å²) in [5.41, 5.74) is 1.00. The molecule has 0 atom stereocenters. The number of hydrogen-bond donors (Lipinski definition) is 1. The molecule has 1 heterocycles. The van der Waals surface area contributed by atoms with Gasteiger partial charge in [0.25, 0.3) is 11.6 Å². The Morgan fingerprint density at radius 1 is 1.16 bits per heavy atom. The van der Waals surface area contributed by atoms with Crippen LogP contribution in [0.2, 0.25) is 10.0 Å². The predicted molar refractivity (Wildman–Crippen MR) is 99.0 cm³/mol. The summed E-state index contributed by atoms with van der Waals surface area (Å²) in [5.74, 6) is -0.486. The predicted octanol–water partition coefficient (Wildman–Crippen LogP) is 4.75. The number of halogens is 2. The zero-order valence-corrected chi connectivity index (χ0v) is 14.7. The Kier molecular flexibility index (Phi) is 5.11. The molecule has 2 aromatic carbocycles. The number of anilines is 2. The molecule has 25 heavy (non-hydrogen) atoms. The molecule has 8 heteroatoms. The van der Waals surface area contributed by atoms with E-state index in [1.165, 1.54) is 6.07 Å². The maximum Gasteiger partial charge on any atom is 0.293 e. The van der Waals surface area contributed by atoms with E-state index >= 15 is 0 Å². The second-order valence-corrected chi connectivity index (χ2v) is 6.50. The van der Waals surface area contributed by atoms with Crippen molar-refractivity contribution in [2.45, 2.75) is 12.8 Å². The number of hydrogen-bond acceptors (Lipinski definition) is 4. The van der Waals surface area contributed by atoms with Crippen molar-refractivity contribution in [1.82, 2.24) is 0 Å². The number of nitrogens with zero attached hydrogens (tertiary/aromatic N) is 2. The average Bonchev–Trinajstić information content (AvgIpc) is 3.12. The van der Waals surface area contributed by atoms with Gasteiger partial charge in [0.1, 0.15) is 5.69 Å². The Bertz CT molecular complexity index is 836. The van der Waals surface area contributed by atoms with Crippen molar-refractivity contribution < 1.29 is 9.72 Å². The van der Waals surface area contributed by atoms with E-state index in [1.54, 1.807) is 30.3 Å². The zero-order chi connectivity index (χ0) is 18.0. The van der Waals surface area contributed by atoms with Crippen LogP contribution in [0.25, 0.3) is 0 Å². The molecule has 3 rings (SSSR count). The molecule has 0 aliphatic carbocycles. The van der Waals surface area contributed by atoms with Crippen LogP contribution in [-0.2, 0) is 0 Å². The minimum absolute atomic E-state index is 0.0771. The van der Waals surface area contributed by atoms with E-state index in [1.807, 2.05) is 4.90 Å². The van der Waals surface area contributed by atoms with E-state index in [0.717, 1.165) is 25.9 Å². The molecule has 1 N–H and O–H groups in total. The summed E-state index contributed by atoms with van der Waals surface area (Å²) < 4.78 is 0. The fourth-order valence-electron chi connectivity index (χ4n) is 2.83. The van der Waals surface area contributed by atoms with Crippen molar-refractivity contribution in [3.63, 3.8) is 0 Å². The van der Waals surface area contributed by atoms with Crippen molar-refractivity contribution >= 4 is 46.2 Å². The Balaban J connectivity index is 1.89. The van der Waals surface area contributed by atoms with Gasteiger partial charge in [-0.15, -0.1) is 0 Å². The zero-order valence-electron chi connectivity index (χ0n) is 13.2. The molecule has 6 nitrogen and oxygen atoms in total. The summed E-state index contributed by atoms with van der Waals surface area (Å²) in [5, 5.41) is 14.6. The van der Waals surface area contributed by atoms with Gasteiger partial charge >= 0.3 is 0 Å². The van der Waals surface area contributed by atoms with Crippen LogP contribution in [0.1, 0.15) is 23.2 Å². The minimum atomic E-state index is -0.486. The van der Waals surface area contributed by atoms with E-state index < -0.39 is 10.8 Å². The fourth-order valence-corrected chi connectivity index (χ4v) is 3.18. The minimum Gasteiger partial charge on any atom is -0.366 e. The fraction of sp³-hybridized carbons (Fsp3) is 0.235. The van der Waals surface area contributed by atoms with Crippen LogP contribution in [0.5, 0.6) is 0 Å². The van der Waals surface area contributed by atoms with Crippen LogP contribution in [-0.4, -0.2) is 23.9 Å². The third-order valence-electron chi connectivity index (χ3n) is 4.08. The molecule has 0 radical (unpaired) electrons. The number of rotatable bonds is 4. The lowest BCUT2D eigenvalue weighted by molar-refractivity contribution is -0.384. The summed E-state index contributed by atoms with van der Waals surface area (Å²) in [4.78, 5) is 25.4. The number of carbonyl (C=O) groups is 1. The highest BCUT2D eigenvalue weighted by Crippen LogP contribution is 2.33. The second kappa shape index (κ2) is 7.29. The lowest BCUT2D eigenvalue weighted by atomic mass is 10.1. The standard InChI is InChI=1S/C17H15Cl2N3O3/c18-12-4-3-5-13(16(12)19)20-17(23)11-6-7-14(15(10-11)22(24)25)21-8-1-2-9-21/h3-7,10H,1-2,8-9H2,(H,20,23). The molecule has 0 bridgehead atoms. The number of nitrogens with one attached hydrogen (secondary N) is 1. The Labute approximate surface area is 154 Å². The Morgan fingerprint density at radius 3 is 2.56 bits per heavy atom. The summed E-state index contributed by atoms with van der Waals surface area (Å²) >= 11 is 12.0. The van der Waals surface area contributed by atoms with E-state index in [0.29, 0.717) is 16.4 Å². The van der Waals surface area contributed by atoms with Gasteiger partial charge in [-0.1, -0.05) is 29.3 Å². The van der Waals surface area contributed by atoms with Crippen molar-refractivity contribution in [2.24, 2.45) is 0 Å². The van der Waals surface area contributed by atoms with Crippen LogP contribution in [0, 0.1) is 10.1 Å². The number of nitro groups is 1. The molecule has 1 saturated heterocycles. The second-order valence-electron chi connectivity index (χ2n) is 5.71. The van der Waals surface area contributed by atoms with Gasteiger partial charge in [-0.25, -0.2) is 0 Å². The van der Waals surface area contributed by atoms with Gasteiger partial charge < -0.3 is 10.2 Å². The molecular weight excluding hydrogens is 365 g/mol. The summed E-state index contributed by atoms with van der Waals surface area (Å²) in [7, 11) is 0. The average molecular weight is 380 g/mol. The van der Waals surface area contributed by atoms with Crippen LogP contribution in [0.15, 0.2) is 36.4 Å². The molecule has 0 spiro atoms. The van der Waals surface area contributed by atoms with Crippen molar-refractivity contribution in [3.8, 4) is 0 Å². The van der Waals surface area contributed by atoms with Gasteiger partial charge in [-0.2, -0.15) is 0 Å². The SMILES string of the molecule is O=C(Nc1cccc(Cl)c1Cl)c1ccc(N2CCCC2)c([N+](=O)[O-])c1. The third-order valence-corrected chi connectivity index (χ3v) is 4.90. The topological polar surface area (TPSA) is 75.5 Å². The first-order valence-electron chi connectivity index (χ1n) is 7.76. The first kappa shape index (κ1) is 17.5. The molecule has 0 aromatic heterocycles. The summed E-state index contributed by atoms with van der Waals surface area (Å²) in [6, 6.07) is 9.37. The highest BCUT2D eigenvalue weighted by molar-refractivity contribution is 6.44. The molecule has 2 aromatic rings. The smallest absolute Gasteiger partial charge is 0.293 e. The van der Waals surface area contributed by atoms with Crippen LogP contribution < -0.4 is 10.2 Å². The molecule has 130 valence electrons. The Hall–Kier alpha value is -2.31. The number of benzene rings is 2. The van der Waals surface area contributed by atoms with Gasteiger partial charge in [-0.3, -0.25) is 14.9 Å². The largest absolute Gasteiger partial charge is 0.366 e. The van der Waals surface area contributed by atoms with E-state index in [-0.39, 0.29) is 16.3 Å². The molecule has 0 unspecified atom stereocenters. The van der Waals surface area contributed by atoms with Crippen molar-refractivity contribution in [2.75, 3.05) is 23.3 Å². The molecule has 1 aliphatic rings. The van der Waals surface area contributed by atoms with E-state index in [4.69, 9.17) is 23.2 Å². The van der Waals surface area contributed by atoms with Gasteiger partial charge in [0, 0.05) is 24.7 Å². The van der Waals surface area contributed by atoms with Crippen LogP contribution in [0.3, 0.4) is 0 Å². The normalized spacial score (nSPS) is 13.8. The Morgan fingerprint density at radius 2 is 1.88 bits per heavy atom. The van der Waals surface area contributed by atoms with Crippen molar-refractivity contribution in [3.05, 3.63) is 62.1 Å². The molecule has 1 fully saturated rings. The number of amides is 1. The van der Waals surface area contributed by atoms with Gasteiger partial charge in [0.15, 0.2) is 0 Å². The first-order chi connectivity index (χ1) is 12.0. The lowest BCUT2D eigenvalue weighted by Gasteiger charge is -2.18. The van der Waals surface area contributed by atoms with Crippen LogP contribution in [0.4, 0.5) is 17.1 Å². The maximum absolute atomic E-state index is 12.4. The molecule has 1 aliphatic heterocycles. The van der Waals surface area contributed by atoms with Crippen molar-refractivity contribution in [1.29, 1.82) is 0 Å². The number of nitro benzene ring substituents is 1. The van der Waals surface area contributed by atoms with Gasteiger partial charge in [-0.05, 0) is 37.1 Å². The molecule has 0 saturated carbocycles. The van der Waals surface area contributed by atoms with Crippen LogP contribution >= 0.6 is 23.2 Å². The maximum atomic E-state index is 12.4. The molecule has 1 amide bonds. The van der Waals surface area contributed by atoms with Gasteiger partial charge in [0.05, 0.1) is 20.7 Å².